The second-order valence-corrected chi connectivity index (χ2v) is 3.58. The molecule has 11 heavy (non-hydrogen) atoms. The fraction of sp³-hybridized carbons (Fsp3) is 0.429. The summed E-state index contributed by atoms with van der Waals surface area (Å²) in [7, 11) is 0. The zero-order valence-electron chi connectivity index (χ0n) is 5.93. The van der Waals surface area contributed by atoms with Crippen LogP contribution in [-0.2, 0) is 0 Å². The Bertz CT molecular complexity index is 267. The Balaban J connectivity index is 2.27. The molecule has 0 N–H and O–H groups in total. The number of rotatable bonds is 2. The number of imidazole rings is 1. The van der Waals surface area contributed by atoms with E-state index in [1.807, 2.05) is 22.5 Å². The van der Waals surface area contributed by atoms with Crippen molar-refractivity contribution in [3.05, 3.63) is 18.2 Å². The Morgan fingerprint density at radius 1 is 1.73 bits per heavy atom. The standard InChI is InChI=1S/C7H8N2OS/c10-3-7-8-1-2-9(7)6-4-11-5-6/h1-3,6H,4-5H2. The van der Waals surface area contributed by atoms with E-state index in [9.17, 15) is 4.79 Å². The first-order valence-electron chi connectivity index (χ1n) is 3.47. The molecule has 58 valence electrons. The summed E-state index contributed by atoms with van der Waals surface area (Å²) in [5.41, 5.74) is 0. The maximum Gasteiger partial charge on any atom is 0.185 e. The van der Waals surface area contributed by atoms with Gasteiger partial charge in [-0.2, -0.15) is 11.8 Å². The summed E-state index contributed by atoms with van der Waals surface area (Å²) in [6.45, 7) is 0. The van der Waals surface area contributed by atoms with Gasteiger partial charge in [0.25, 0.3) is 0 Å². The molecule has 2 heterocycles. The minimum Gasteiger partial charge on any atom is -0.324 e. The van der Waals surface area contributed by atoms with Crippen LogP contribution in [0.1, 0.15) is 16.7 Å². The number of carbonyl (C=O) groups excluding carboxylic acids is 1. The molecule has 1 aromatic heterocycles. The van der Waals surface area contributed by atoms with Gasteiger partial charge in [0.05, 0.1) is 6.04 Å². The van der Waals surface area contributed by atoms with Gasteiger partial charge < -0.3 is 4.57 Å². The Morgan fingerprint density at radius 2 is 2.55 bits per heavy atom. The Kier molecular flexibility index (Phi) is 1.69. The summed E-state index contributed by atoms with van der Waals surface area (Å²) in [6, 6.07) is 0.502. The fourth-order valence-corrected chi connectivity index (χ4v) is 1.88. The van der Waals surface area contributed by atoms with Gasteiger partial charge in [-0.1, -0.05) is 0 Å². The van der Waals surface area contributed by atoms with Crippen molar-refractivity contribution in [3.63, 3.8) is 0 Å². The number of nitrogens with zero attached hydrogens (tertiary/aromatic N) is 2. The Hall–Kier alpha value is -0.770. The largest absolute Gasteiger partial charge is 0.324 e. The average Bonchev–Trinajstić information content (AvgIpc) is 2.32. The highest BCUT2D eigenvalue weighted by molar-refractivity contribution is 8.00. The minimum atomic E-state index is 0.502. The van der Waals surface area contributed by atoms with Gasteiger partial charge in [-0.15, -0.1) is 0 Å². The topological polar surface area (TPSA) is 34.9 Å². The van der Waals surface area contributed by atoms with Crippen LogP contribution >= 0.6 is 11.8 Å². The molecule has 0 atom stereocenters. The average molecular weight is 168 g/mol. The van der Waals surface area contributed by atoms with Gasteiger partial charge in [0, 0.05) is 23.9 Å². The van der Waals surface area contributed by atoms with E-state index < -0.39 is 0 Å². The van der Waals surface area contributed by atoms with Crippen LogP contribution in [-0.4, -0.2) is 27.3 Å². The molecule has 0 unspecified atom stereocenters. The van der Waals surface area contributed by atoms with Crippen molar-refractivity contribution in [2.75, 3.05) is 11.5 Å². The number of aldehydes is 1. The molecule has 2 rings (SSSR count). The van der Waals surface area contributed by atoms with Crippen molar-refractivity contribution in [3.8, 4) is 0 Å². The predicted octanol–water partition coefficient (Wildman–Crippen LogP) is 0.983. The summed E-state index contributed by atoms with van der Waals surface area (Å²) in [5, 5.41) is 0. The first kappa shape index (κ1) is 6.91. The number of hydrogen-bond donors (Lipinski definition) is 0. The lowest BCUT2D eigenvalue weighted by atomic mass is 10.3. The predicted molar refractivity (Wildman–Crippen MR) is 44.0 cm³/mol. The number of aromatic nitrogens is 2. The zero-order chi connectivity index (χ0) is 7.68. The van der Waals surface area contributed by atoms with E-state index >= 15 is 0 Å². The molecule has 0 radical (unpaired) electrons. The SMILES string of the molecule is O=Cc1nccn1C1CSC1. The molecule has 0 aliphatic carbocycles. The minimum absolute atomic E-state index is 0.502. The van der Waals surface area contributed by atoms with Crippen LogP contribution in [0.25, 0.3) is 0 Å². The first-order chi connectivity index (χ1) is 5.42. The second-order valence-electron chi connectivity index (χ2n) is 2.50. The molecular weight excluding hydrogens is 160 g/mol. The Morgan fingerprint density at radius 3 is 3.09 bits per heavy atom. The number of carbonyl (C=O) groups is 1. The van der Waals surface area contributed by atoms with E-state index in [-0.39, 0.29) is 0 Å². The van der Waals surface area contributed by atoms with Crippen LogP contribution in [0.5, 0.6) is 0 Å². The van der Waals surface area contributed by atoms with Gasteiger partial charge in [-0.05, 0) is 0 Å². The lowest BCUT2D eigenvalue weighted by molar-refractivity contribution is 0.111. The number of hydrogen-bond acceptors (Lipinski definition) is 3. The quantitative estimate of drug-likeness (QED) is 0.617. The van der Waals surface area contributed by atoms with Crippen molar-refractivity contribution >= 4 is 18.0 Å². The van der Waals surface area contributed by atoms with E-state index in [2.05, 4.69) is 4.98 Å². The second kappa shape index (κ2) is 2.70. The van der Waals surface area contributed by atoms with Crippen LogP contribution in [0.2, 0.25) is 0 Å². The molecule has 0 spiro atoms. The molecule has 4 heteroatoms. The third-order valence-electron chi connectivity index (χ3n) is 1.82. The van der Waals surface area contributed by atoms with Crippen molar-refractivity contribution in [1.29, 1.82) is 0 Å². The van der Waals surface area contributed by atoms with Gasteiger partial charge in [0.2, 0.25) is 0 Å². The fourth-order valence-electron chi connectivity index (χ4n) is 1.11. The van der Waals surface area contributed by atoms with Gasteiger partial charge >= 0.3 is 0 Å². The van der Waals surface area contributed by atoms with Gasteiger partial charge in [-0.25, -0.2) is 4.98 Å². The molecule has 1 fully saturated rings. The zero-order valence-corrected chi connectivity index (χ0v) is 6.75. The normalized spacial score (nSPS) is 17.8. The number of thioether (sulfide) groups is 1. The van der Waals surface area contributed by atoms with Crippen LogP contribution in [0.3, 0.4) is 0 Å². The highest BCUT2D eigenvalue weighted by atomic mass is 32.2. The molecular formula is C7H8N2OS. The molecule has 0 bridgehead atoms. The third-order valence-corrected chi connectivity index (χ3v) is 3.06. The van der Waals surface area contributed by atoms with Crippen molar-refractivity contribution in [1.82, 2.24) is 9.55 Å². The first-order valence-corrected chi connectivity index (χ1v) is 4.63. The summed E-state index contributed by atoms with van der Waals surface area (Å²) in [5.74, 6) is 2.77. The molecule has 0 saturated carbocycles. The lowest BCUT2D eigenvalue weighted by Gasteiger charge is -2.26. The summed E-state index contributed by atoms with van der Waals surface area (Å²) in [6.07, 6.45) is 4.35. The van der Waals surface area contributed by atoms with Crippen LogP contribution in [0, 0.1) is 0 Å². The Labute approximate surface area is 68.8 Å². The van der Waals surface area contributed by atoms with E-state index in [0.717, 1.165) is 17.8 Å². The van der Waals surface area contributed by atoms with Crippen molar-refractivity contribution in [2.45, 2.75) is 6.04 Å². The molecule has 3 nitrogen and oxygen atoms in total. The van der Waals surface area contributed by atoms with Gasteiger partial charge in [0.1, 0.15) is 0 Å². The van der Waals surface area contributed by atoms with E-state index in [1.165, 1.54) is 0 Å². The molecule has 0 amide bonds. The van der Waals surface area contributed by atoms with E-state index in [0.29, 0.717) is 11.9 Å². The maximum absolute atomic E-state index is 10.4. The van der Waals surface area contributed by atoms with E-state index in [1.54, 1.807) is 6.20 Å². The summed E-state index contributed by atoms with van der Waals surface area (Å²) in [4.78, 5) is 14.4. The van der Waals surface area contributed by atoms with Crippen molar-refractivity contribution < 1.29 is 4.79 Å². The van der Waals surface area contributed by atoms with Crippen LogP contribution in [0.15, 0.2) is 12.4 Å². The monoisotopic (exact) mass is 168 g/mol. The highest BCUT2D eigenvalue weighted by Gasteiger charge is 2.21. The van der Waals surface area contributed by atoms with E-state index in [4.69, 9.17) is 0 Å². The van der Waals surface area contributed by atoms with Crippen LogP contribution < -0.4 is 0 Å². The third kappa shape index (κ3) is 1.07. The lowest BCUT2D eigenvalue weighted by Crippen LogP contribution is -2.23. The molecule has 1 aromatic rings. The van der Waals surface area contributed by atoms with Crippen LogP contribution in [0.4, 0.5) is 0 Å². The van der Waals surface area contributed by atoms with Gasteiger partial charge in [-0.3, -0.25) is 4.79 Å². The maximum atomic E-state index is 10.4. The summed E-state index contributed by atoms with van der Waals surface area (Å²) >= 11 is 1.90. The van der Waals surface area contributed by atoms with Crippen molar-refractivity contribution in [2.24, 2.45) is 0 Å². The highest BCUT2D eigenvalue weighted by Crippen LogP contribution is 2.29. The van der Waals surface area contributed by atoms with Gasteiger partial charge in [0.15, 0.2) is 12.1 Å². The molecule has 1 aliphatic rings. The smallest absolute Gasteiger partial charge is 0.185 e. The molecule has 1 saturated heterocycles. The molecule has 0 aromatic carbocycles. The summed E-state index contributed by atoms with van der Waals surface area (Å²) < 4.78 is 1.95. The molecule has 1 aliphatic heterocycles.